The van der Waals surface area contributed by atoms with Gasteiger partial charge in [-0.25, -0.2) is 0 Å². The number of carbonyl (C=O) groups excluding carboxylic acids is 1. The van der Waals surface area contributed by atoms with Crippen LogP contribution in [0.25, 0.3) is 0 Å². The van der Waals surface area contributed by atoms with E-state index in [2.05, 4.69) is 49.4 Å². The maximum Gasteiger partial charge on any atom is 0.124 e. The quantitative estimate of drug-likeness (QED) is 0.679. The molecule has 1 nitrogen and oxygen atoms in total. The van der Waals surface area contributed by atoms with Crippen molar-refractivity contribution in [1.82, 2.24) is 0 Å². The third-order valence-corrected chi connectivity index (χ3v) is 3.58. The monoisotopic (exact) mass is 240 g/mol. The molecule has 0 fully saturated rings. The Labute approximate surface area is 109 Å². The first-order valence-corrected chi connectivity index (χ1v) is 6.72. The maximum absolute atomic E-state index is 11.4. The summed E-state index contributed by atoms with van der Waals surface area (Å²) >= 11 is 0. The first kappa shape index (κ1) is 12.8. The number of benzene rings is 1. The topological polar surface area (TPSA) is 17.1 Å². The van der Waals surface area contributed by atoms with E-state index in [-0.39, 0.29) is 11.8 Å². The highest BCUT2D eigenvalue weighted by Crippen LogP contribution is 2.37. The second-order valence-electron chi connectivity index (χ2n) is 4.85. The number of carbonyl (C=O) groups is 1. The molecule has 0 radical (unpaired) electrons. The van der Waals surface area contributed by atoms with Crippen LogP contribution in [-0.2, 0) is 4.79 Å². The molecule has 2 rings (SSSR count). The van der Waals surface area contributed by atoms with Crippen LogP contribution in [-0.4, -0.2) is 6.29 Å². The van der Waals surface area contributed by atoms with Gasteiger partial charge in [0.25, 0.3) is 0 Å². The number of rotatable bonds is 6. The van der Waals surface area contributed by atoms with Crippen molar-refractivity contribution in [3.63, 3.8) is 0 Å². The van der Waals surface area contributed by atoms with Gasteiger partial charge in [0.05, 0.1) is 0 Å². The lowest BCUT2D eigenvalue weighted by atomic mass is 9.78. The molecule has 0 bridgehead atoms. The van der Waals surface area contributed by atoms with Gasteiger partial charge in [0.1, 0.15) is 6.29 Å². The molecule has 0 aliphatic heterocycles. The van der Waals surface area contributed by atoms with Gasteiger partial charge < -0.3 is 4.79 Å². The van der Waals surface area contributed by atoms with Gasteiger partial charge in [-0.05, 0) is 18.4 Å². The summed E-state index contributed by atoms with van der Waals surface area (Å²) in [5.74, 6) is 0.349. The summed E-state index contributed by atoms with van der Waals surface area (Å²) in [7, 11) is 0. The van der Waals surface area contributed by atoms with E-state index in [1.54, 1.807) is 0 Å². The molecule has 0 aromatic heterocycles. The van der Waals surface area contributed by atoms with Crippen LogP contribution in [0.5, 0.6) is 0 Å². The van der Waals surface area contributed by atoms with Gasteiger partial charge in [-0.1, -0.05) is 67.5 Å². The van der Waals surface area contributed by atoms with E-state index in [0.29, 0.717) is 0 Å². The highest BCUT2D eigenvalue weighted by Gasteiger charge is 2.25. The van der Waals surface area contributed by atoms with E-state index in [1.165, 1.54) is 11.1 Å². The van der Waals surface area contributed by atoms with Crippen LogP contribution in [0.1, 0.15) is 37.7 Å². The van der Waals surface area contributed by atoms with Crippen LogP contribution >= 0.6 is 0 Å². The Kier molecular flexibility index (Phi) is 4.52. The molecule has 1 aliphatic rings. The molecule has 0 saturated heterocycles. The summed E-state index contributed by atoms with van der Waals surface area (Å²) < 4.78 is 0. The van der Waals surface area contributed by atoms with Crippen LogP contribution < -0.4 is 0 Å². The number of hydrogen-bond acceptors (Lipinski definition) is 1. The van der Waals surface area contributed by atoms with E-state index >= 15 is 0 Å². The van der Waals surface area contributed by atoms with Crippen molar-refractivity contribution in [2.45, 2.75) is 32.1 Å². The molecule has 0 saturated carbocycles. The fraction of sp³-hybridized carbons (Fsp3) is 0.353. The van der Waals surface area contributed by atoms with Gasteiger partial charge >= 0.3 is 0 Å². The van der Waals surface area contributed by atoms with Crippen molar-refractivity contribution >= 4 is 6.29 Å². The van der Waals surface area contributed by atoms with E-state index in [1.807, 2.05) is 6.07 Å². The van der Waals surface area contributed by atoms with Crippen molar-refractivity contribution in [2.75, 3.05) is 0 Å². The summed E-state index contributed by atoms with van der Waals surface area (Å²) in [4.78, 5) is 11.4. The molecule has 0 amide bonds. The largest absolute Gasteiger partial charge is 0.303 e. The third kappa shape index (κ3) is 2.79. The maximum atomic E-state index is 11.4. The average molecular weight is 240 g/mol. The summed E-state index contributed by atoms with van der Waals surface area (Å²) in [5, 5.41) is 0. The molecule has 1 aromatic rings. The molecule has 0 heterocycles. The lowest BCUT2D eigenvalue weighted by Crippen LogP contribution is -2.16. The number of hydrogen-bond donors (Lipinski definition) is 0. The van der Waals surface area contributed by atoms with Gasteiger partial charge in [0.15, 0.2) is 0 Å². The minimum absolute atomic E-state index is 0.101. The molecule has 94 valence electrons. The summed E-state index contributed by atoms with van der Waals surface area (Å²) in [6.45, 7) is 2.14. The second-order valence-corrected chi connectivity index (χ2v) is 4.85. The van der Waals surface area contributed by atoms with Gasteiger partial charge in [0.2, 0.25) is 0 Å². The van der Waals surface area contributed by atoms with Crippen LogP contribution in [0, 0.1) is 5.92 Å². The van der Waals surface area contributed by atoms with Gasteiger partial charge in [0, 0.05) is 11.8 Å². The molecule has 2 atom stereocenters. The number of allylic oxidation sites excluding steroid dienone is 4. The van der Waals surface area contributed by atoms with Crippen LogP contribution in [0.3, 0.4) is 0 Å². The van der Waals surface area contributed by atoms with Crippen LogP contribution in [0.4, 0.5) is 0 Å². The van der Waals surface area contributed by atoms with Crippen LogP contribution in [0.15, 0.2) is 54.1 Å². The Morgan fingerprint density at radius 2 is 2.06 bits per heavy atom. The Bertz CT molecular complexity index is 442. The van der Waals surface area contributed by atoms with Crippen molar-refractivity contribution in [1.29, 1.82) is 0 Å². The lowest BCUT2D eigenvalue weighted by molar-refractivity contribution is -0.111. The zero-order valence-electron chi connectivity index (χ0n) is 10.9. The minimum Gasteiger partial charge on any atom is -0.303 e. The lowest BCUT2D eigenvalue weighted by Gasteiger charge is -2.24. The zero-order chi connectivity index (χ0) is 12.8. The fourth-order valence-electron chi connectivity index (χ4n) is 2.74. The van der Waals surface area contributed by atoms with Crippen molar-refractivity contribution in [3.8, 4) is 0 Å². The average Bonchev–Trinajstić information content (AvgIpc) is 2.93. The second kappa shape index (κ2) is 6.34. The Morgan fingerprint density at radius 3 is 2.61 bits per heavy atom. The molecular weight excluding hydrogens is 220 g/mol. The fourth-order valence-corrected chi connectivity index (χ4v) is 2.74. The predicted octanol–water partition coefficient (Wildman–Crippen LogP) is 4.27. The van der Waals surface area contributed by atoms with Gasteiger partial charge in [-0.3, -0.25) is 0 Å². The summed E-state index contributed by atoms with van der Waals surface area (Å²) in [5.41, 5.74) is 2.63. The number of aldehydes is 1. The first-order valence-electron chi connectivity index (χ1n) is 6.72. The highest BCUT2D eigenvalue weighted by molar-refractivity contribution is 5.58. The molecule has 1 aromatic carbocycles. The Morgan fingerprint density at radius 1 is 1.28 bits per heavy atom. The smallest absolute Gasteiger partial charge is 0.124 e. The SMILES string of the molecule is CCC[C@H](C=O)[C@@H](C1=CC=CC1)c1ccccc1. The molecule has 0 N–H and O–H groups in total. The normalized spacial score (nSPS) is 17.3. The highest BCUT2D eigenvalue weighted by atomic mass is 16.1. The third-order valence-electron chi connectivity index (χ3n) is 3.58. The molecule has 0 spiro atoms. The van der Waals surface area contributed by atoms with Gasteiger partial charge in [-0.2, -0.15) is 0 Å². The van der Waals surface area contributed by atoms with E-state index in [9.17, 15) is 4.79 Å². The first-order chi connectivity index (χ1) is 8.86. The van der Waals surface area contributed by atoms with Crippen molar-refractivity contribution < 1.29 is 4.79 Å². The Balaban J connectivity index is 2.31. The zero-order valence-corrected chi connectivity index (χ0v) is 10.9. The minimum atomic E-state index is 0.101. The van der Waals surface area contributed by atoms with E-state index < -0.39 is 0 Å². The summed E-state index contributed by atoms with van der Waals surface area (Å²) in [6.07, 6.45) is 10.6. The van der Waals surface area contributed by atoms with Crippen molar-refractivity contribution in [2.24, 2.45) is 5.92 Å². The molecular formula is C17H20O. The molecule has 0 unspecified atom stereocenters. The molecule has 18 heavy (non-hydrogen) atoms. The molecule has 1 aliphatic carbocycles. The van der Waals surface area contributed by atoms with Crippen LogP contribution in [0.2, 0.25) is 0 Å². The van der Waals surface area contributed by atoms with E-state index in [0.717, 1.165) is 25.5 Å². The Hall–Kier alpha value is -1.63. The van der Waals surface area contributed by atoms with E-state index in [4.69, 9.17) is 0 Å². The summed E-state index contributed by atoms with van der Waals surface area (Å²) in [6, 6.07) is 10.4. The molecule has 1 heteroatoms. The van der Waals surface area contributed by atoms with Crippen molar-refractivity contribution in [3.05, 3.63) is 59.7 Å². The predicted molar refractivity (Wildman–Crippen MR) is 75.5 cm³/mol. The van der Waals surface area contributed by atoms with Gasteiger partial charge in [-0.15, -0.1) is 0 Å². The standard InChI is InChI=1S/C17H20O/c1-2-8-16(13-18)17(15-11-6-7-12-15)14-9-4-3-5-10-14/h3-7,9-11,13,16-17H,2,8,12H2,1H3/t16-,17-/m1/s1.